The van der Waals surface area contributed by atoms with Crippen molar-refractivity contribution in [2.75, 3.05) is 7.05 Å². The van der Waals surface area contributed by atoms with Gasteiger partial charge in [0.25, 0.3) is 5.91 Å². The Labute approximate surface area is 196 Å². The van der Waals surface area contributed by atoms with Crippen molar-refractivity contribution in [1.29, 1.82) is 0 Å². The van der Waals surface area contributed by atoms with Gasteiger partial charge in [-0.15, -0.1) is 6.58 Å². The fraction of sp³-hybridized carbons (Fsp3) is 0.333. The summed E-state index contributed by atoms with van der Waals surface area (Å²) in [4.78, 5) is 17.6. The highest BCUT2D eigenvalue weighted by atomic mass is 32.2. The van der Waals surface area contributed by atoms with Gasteiger partial charge in [-0.1, -0.05) is 36.7 Å². The zero-order chi connectivity index (χ0) is 23.6. The van der Waals surface area contributed by atoms with Gasteiger partial charge in [-0.05, 0) is 55.3 Å². The molecule has 1 aliphatic rings. The van der Waals surface area contributed by atoms with E-state index >= 15 is 0 Å². The standard InChI is InChI=1S/C24H26FN3O3S2/c1-3-15-28-21-14-11-18(25)16-22(21)32-24(28)26-23(29)17-9-12-20(13-10-17)33(30,31)27(2)19-7-5-4-6-8-19/h3,9-14,16,19H,1,4-8,15H2,2H3. The molecular formula is C24H26FN3O3S2. The number of sulfonamides is 1. The summed E-state index contributed by atoms with van der Waals surface area (Å²) in [6.07, 6.45) is 6.64. The Morgan fingerprint density at radius 1 is 1.21 bits per heavy atom. The van der Waals surface area contributed by atoms with Gasteiger partial charge in [-0.2, -0.15) is 9.30 Å². The molecule has 1 aliphatic carbocycles. The fourth-order valence-electron chi connectivity index (χ4n) is 4.17. The van der Waals surface area contributed by atoms with E-state index < -0.39 is 15.9 Å². The number of allylic oxidation sites excluding steroid dienone is 1. The molecular weight excluding hydrogens is 461 g/mol. The lowest BCUT2D eigenvalue weighted by Crippen LogP contribution is -2.38. The lowest BCUT2D eigenvalue weighted by atomic mass is 9.96. The van der Waals surface area contributed by atoms with Gasteiger partial charge < -0.3 is 4.57 Å². The van der Waals surface area contributed by atoms with Crippen LogP contribution in [-0.4, -0.2) is 36.3 Å². The third-order valence-corrected chi connectivity index (χ3v) is 8.99. The number of aromatic nitrogens is 1. The molecule has 0 N–H and O–H groups in total. The van der Waals surface area contributed by atoms with Crippen LogP contribution in [0.3, 0.4) is 0 Å². The predicted molar refractivity (Wildman–Crippen MR) is 128 cm³/mol. The van der Waals surface area contributed by atoms with Crippen LogP contribution in [0, 0.1) is 5.82 Å². The summed E-state index contributed by atoms with van der Waals surface area (Å²) in [6.45, 7) is 4.16. The van der Waals surface area contributed by atoms with Gasteiger partial charge in [0.1, 0.15) is 5.82 Å². The molecule has 9 heteroatoms. The third kappa shape index (κ3) is 4.85. The van der Waals surface area contributed by atoms with E-state index in [-0.39, 0.29) is 22.3 Å². The Morgan fingerprint density at radius 2 is 1.91 bits per heavy atom. The van der Waals surface area contributed by atoms with E-state index in [1.165, 1.54) is 52.0 Å². The van der Waals surface area contributed by atoms with Gasteiger partial charge in [-0.3, -0.25) is 4.79 Å². The van der Waals surface area contributed by atoms with Crippen LogP contribution < -0.4 is 4.80 Å². The second kappa shape index (κ2) is 9.70. The van der Waals surface area contributed by atoms with Crippen LogP contribution in [0.4, 0.5) is 4.39 Å². The number of hydrogen-bond acceptors (Lipinski definition) is 4. The highest BCUT2D eigenvalue weighted by Gasteiger charge is 2.29. The molecule has 0 unspecified atom stereocenters. The molecule has 4 rings (SSSR count). The van der Waals surface area contributed by atoms with Gasteiger partial charge >= 0.3 is 0 Å². The number of amides is 1. The van der Waals surface area contributed by atoms with E-state index in [1.54, 1.807) is 23.8 Å². The molecule has 2 aromatic carbocycles. The summed E-state index contributed by atoms with van der Waals surface area (Å²) in [6, 6.07) is 10.3. The number of nitrogens with zero attached hydrogens (tertiary/aromatic N) is 3. The summed E-state index contributed by atoms with van der Waals surface area (Å²) in [5.41, 5.74) is 1.04. The molecule has 0 saturated heterocycles. The largest absolute Gasteiger partial charge is 0.312 e. The molecule has 174 valence electrons. The second-order valence-electron chi connectivity index (χ2n) is 8.15. The monoisotopic (exact) mass is 487 g/mol. The van der Waals surface area contributed by atoms with Gasteiger partial charge in [0.15, 0.2) is 4.80 Å². The van der Waals surface area contributed by atoms with Crippen LogP contribution in [0.15, 0.2) is 65.0 Å². The van der Waals surface area contributed by atoms with Crippen molar-refractivity contribution in [3.63, 3.8) is 0 Å². The molecule has 1 heterocycles. The van der Waals surface area contributed by atoms with E-state index in [1.807, 2.05) is 0 Å². The van der Waals surface area contributed by atoms with E-state index in [9.17, 15) is 17.6 Å². The minimum Gasteiger partial charge on any atom is -0.312 e. The molecule has 0 radical (unpaired) electrons. The Hall–Kier alpha value is -2.62. The van der Waals surface area contributed by atoms with E-state index in [2.05, 4.69) is 11.6 Å². The topological polar surface area (TPSA) is 71.7 Å². The minimum atomic E-state index is -3.63. The number of halogens is 1. The molecule has 1 amide bonds. The summed E-state index contributed by atoms with van der Waals surface area (Å²) in [5.74, 6) is -0.855. The van der Waals surface area contributed by atoms with Gasteiger partial charge in [-0.25, -0.2) is 12.8 Å². The Morgan fingerprint density at radius 3 is 2.58 bits per heavy atom. The molecule has 1 aromatic heterocycles. The fourth-order valence-corrected chi connectivity index (χ4v) is 6.64. The molecule has 33 heavy (non-hydrogen) atoms. The number of carbonyl (C=O) groups is 1. The van der Waals surface area contributed by atoms with Crippen molar-refractivity contribution in [2.45, 2.75) is 49.6 Å². The second-order valence-corrected chi connectivity index (χ2v) is 11.2. The highest BCUT2D eigenvalue weighted by molar-refractivity contribution is 7.89. The maximum Gasteiger partial charge on any atom is 0.279 e. The number of hydrogen-bond donors (Lipinski definition) is 0. The molecule has 3 aromatic rings. The normalized spacial score (nSPS) is 15.9. The highest BCUT2D eigenvalue weighted by Crippen LogP contribution is 2.26. The van der Waals surface area contributed by atoms with E-state index in [4.69, 9.17) is 0 Å². The molecule has 1 fully saturated rings. The van der Waals surface area contributed by atoms with Crippen LogP contribution in [0.1, 0.15) is 42.5 Å². The predicted octanol–water partition coefficient (Wildman–Crippen LogP) is 4.72. The minimum absolute atomic E-state index is 0.0122. The third-order valence-electron chi connectivity index (χ3n) is 6.02. The molecule has 0 bridgehead atoms. The smallest absolute Gasteiger partial charge is 0.279 e. The summed E-state index contributed by atoms with van der Waals surface area (Å²) in [7, 11) is -2.01. The lowest BCUT2D eigenvalue weighted by molar-refractivity contribution is 0.0997. The summed E-state index contributed by atoms with van der Waals surface area (Å²) >= 11 is 1.21. The average molecular weight is 488 g/mol. The van der Waals surface area contributed by atoms with Crippen LogP contribution in [0.2, 0.25) is 0 Å². The van der Waals surface area contributed by atoms with Gasteiger partial charge in [0.2, 0.25) is 10.0 Å². The lowest BCUT2D eigenvalue weighted by Gasteiger charge is -2.30. The Bertz CT molecular complexity index is 1350. The average Bonchev–Trinajstić information content (AvgIpc) is 3.15. The maximum atomic E-state index is 13.6. The van der Waals surface area contributed by atoms with Crippen molar-refractivity contribution in [2.24, 2.45) is 4.99 Å². The van der Waals surface area contributed by atoms with Crippen LogP contribution in [0.5, 0.6) is 0 Å². The molecule has 0 aliphatic heterocycles. The van der Waals surface area contributed by atoms with Gasteiger partial charge in [0, 0.05) is 25.2 Å². The quantitative estimate of drug-likeness (QED) is 0.472. The summed E-state index contributed by atoms with van der Waals surface area (Å²) < 4.78 is 43.6. The number of benzene rings is 2. The van der Waals surface area contributed by atoms with Crippen LogP contribution in [-0.2, 0) is 16.6 Å². The molecule has 1 saturated carbocycles. The van der Waals surface area contributed by atoms with Crippen molar-refractivity contribution < 1.29 is 17.6 Å². The SMILES string of the molecule is C=CCn1c(=NC(=O)c2ccc(S(=O)(=O)N(C)C3CCCCC3)cc2)sc2cc(F)ccc21. The van der Waals surface area contributed by atoms with Crippen molar-refractivity contribution in [3.8, 4) is 0 Å². The van der Waals surface area contributed by atoms with Crippen molar-refractivity contribution in [3.05, 3.63) is 71.3 Å². The Kier molecular flexibility index (Phi) is 6.92. The first-order chi connectivity index (χ1) is 15.8. The van der Waals surface area contributed by atoms with Crippen LogP contribution >= 0.6 is 11.3 Å². The zero-order valence-electron chi connectivity index (χ0n) is 18.4. The maximum absolute atomic E-state index is 13.6. The number of thiazole rings is 1. The molecule has 0 spiro atoms. The first kappa shape index (κ1) is 23.5. The van der Waals surface area contributed by atoms with Crippen molar-refractivity contribution in [1.82, 2.24) is 8.87 Å². The first-order valence-corrected chi connectivity index (χ1v) is 13.1. The molecule has 0 atom stereocenters. The first-order valence-electron chi connectivity index (χ1n) is 10.9. The number of fused-ring (bicyclic) bond motifs is 1. The number of rotatable bonds is 6. The van der Waals surface area contributed by atoms with Gasteiger partial charge in [0.05, 0.1) is 15.1 Å². The van der Waals surface area contributed by atoms with E-state index in [0.29, 0.717) is 16.0 Å². The van der Waals surface area contributed by atoms with Crippen LogP contribution in [0.25, 0.3) is 10.2 Å². The summed E-state index contributed by atoms with van der Waals surface area (Å²) in [5, 5.41) is 0. The zero-order valence-corrected chi connectivity index (χ0v) is 20.0. The molecule has 6 nitrogen and oxygen atoms in total. The number of carbonyl (C=O) groups excluding carboxylic acids is 1. The Balaban J connectivity index is 1.62. The van der Waals surface area contributed by atoms with E-state index in [0.717, 1.165) is 37.6 Å². The van der Waals surface area contributed by atoms with Crippen molar-refractivity contribution >= 4 is 37.5 Å².